The lowest BCUT2D eigenvalue weighted by Gasteiger charge is -2.02. The second-order valence-electron chi connectivity index (χ2n) is 3.28. The van der Waals surface area contributed by atoms with E-state index in [1.54, 1.807) is 0 Å². The van der Waals surface area contributed by atoms with Crippen molar-refractivity contribution in [2.45, 2.75) is 19.9 Å². The minimum absolute atomic E-state index is 0.0855. The van der Waals surface area contributed by atoms with E-state index in [-0.39, 0.29) is 6.04 Å². The van der Waals surface area contributed by atoms with Crippen LogP contribution < -0.4 is 5.73 Å². The highest BCUT2D eigenvalue weighted by Crippen LogP contribution is 2.10. The molecule has 0 spiro atoms. The Bertz CT molecular complexity index is 430. The van der Waals surface area contributed by atoms with Crippen LogP contribution in [-0.4, -0.2) is 14.6 Å². The van der Waals surface area contributed by atoms with Gasteiger partial charge in [0.05, 0.1) is 6.04 Å². The van der Waals surface area contributed by atoms with Gasteiger partial charge in [0.2, 0.25) is 0 Å². The molecule has 2 N–H and O–H groups in total. The molecule has 13 heavy (non-hydrogen) atoms. The maximum atomic E-state index is 5.74. The molecule has 1 unspecified atom stereocenters. The Hall–Kier alpha value is -1.42. The summed E-state index contributed by atoms with van der Waals surface area (Å²) in [5.41, 5.74) is 7.77. The van der Waals surface area contributed by atoms with Crippen LogP contribution in [-0.2, 0) is 0 Å². The summed E-state index contributed by atoms with van der Waals surface area (Å²) < 4.78 is 1.91. The summed E-state index contributed by atoms with van der Waals surface area (Å²) in [6.07, 6.45) is 1.95. The molecule has 2 rings (SSSR count). The molecule has 0 aromatic carbocycles. The summed E-state index contributed by atoms with van der Waals surface area (Å²) >= 11 is 0. The number of pyridine rings is 1. The fourth-order valence-corrected chi connectivity index (χ4v) is 1.32. The minimum atomic E-state index is -0.0855. The molecule has 68 valence electrons. The summed E-state index contributed by atoms with van der Waals surface area (Å²) in [6.45, 7) is 3.93. The third-order valence-corrected chi connectivity index (χ3v) is 2.00. The molecule has 2 heterocycles. The molecule has 0 fully saturated rings. The number of aromatic nitrogens is 3. The number of hydrogen-bond donors (Lipinski definition) is 1. The third kappa shape index (κ3) is 1.29. The second kappa shape index (κ2) is 2.81. The molecule has 1 atom stereocenters. The predicted molar refractivity (Wildman–Crippen MR) is 50.3 cm³/mol. The molecule has 2 aromatic heterocycles. The fourth-order valence-electron chi connectivity index (χ4n) is 1.32. The SMILES string of the molecule is Cc1ccn2c(C(C)N)nnc2c1. The van der Waals surface area contributed by atoms with E-state index in [1.807, 2.05) is 36.6 Å². The van der Waals surface area contributed by atoms with Crippen molar-refractivity contribution in [3.05, 3.63) is 29.7 Å². The normalized spacial score (nSPS) is 13.5. The zero-order valence-electron chi connectivity index (χ0n) is 7.73. The molecule has 0 aliphatic heterocycles. The summed E-state index contributed by atoms with van der Waals surface area (Å²) in [5, 5.41) is 8.06. The first kappa shape index (κ1) is 8.19. The zero-order valence-corrected chi connectivity index (χ0v) is 7.73. The first-order valence-electron chi connectivity index (χ1n) is 4.25. The molecule has 0 radical (unpaired) electrons. The third-order valence-electron chi connectivity index (χ3n) is 2.00. The first-order chi connectivity index (χ1) is 6.18. The Morgan fingerprint density at radius 2 is 2.23 bits per heavy atom. The number of aryl methyl sites for hydroxylation is 1. The van der Waals surface area contributed by atoms with Gasteiger partial charge in [-0.1, -0.05) is 0 Å². The van der Waals surface area contributed by atoms with E-state index in [0.717, 1.165) is 11.5 Å². The van der Waals surface area contributed by atoms with E-state index in [4.69, 9.17) is 5.73 Å². The van der Waals surface area contributed by atoms with Gasteiger partial charge in [0.15, 0.2) is 11.5 Å². The van der Waals surface area contributed by atoms with Crippen LogP contribution in [0, 0.1) is 6.92 Å². The summed E-state index contributed by atoms with van der Waals surface area (Å²) in [6, 6.07) is 3.92. The van der Waals surface area contributed by atoms with E-state index in [9.17, 15) is 0 Å². The number of nitrogens with zero attached hydrogens (tertiary/aromatic N) is 3. The fraction of sp³-hybridized carbons (Fsp3) is 0.333. The van der Waals surface area contributed by atoms with Crippen molar-refractivity contribution in [2.75, 3.05) is 0 Å². The van der Waals surface area contributed by atoms with E-state index in [0.29, 0.717) is 0 Å². The molecule has 0 bridgehead atoms. The van der Waals surface area contributed by atoms with Crippen molar-refractivity contribution in [1.29, 1.82) is 0 Å². The molecule has 0 saturated carbocycles. The highest BCUT2D eigenvalue weighted by Gasteiger charge is 2.08. The Kier molecular flexibility index (Phi) is 1.77. The quantitative estimate of drug-likeness (QED) is 0.706. The maximum absolute atomic E-state index is 5.74. The van der Waals surface area contributed by atoms with Gasteiger partial charge in [-0.15, -0.1) is 10.2 Å². The number of nitrogens with two attached hydrogens (primary N) is 1. The van der Waals surface area contributed by atoms with Gasteiger partial charge >= 0.3 is 0 Å². The lowest BCUT2D eigenvalue weighted by molar-refractivity contribution is 0.726. The Labute approximate surface area is 76.4 Å². The molecular formula is C9H12N4. The average Bonchev–Trinajstić information content (AvgIpc) is 2.46. The first-order valence-corrected chi connectivity index (χ1v) is 4.25. The Balaban J connectivity index is 2.69. The summed E-state index contributed by atoms with van der Waals surface area (Å²) in [7, 11) is 0. The van der Waals surface area contributed by atoms with Crippen LogP contribution in [0.5, 0.6) is 0 Å². The highest BCUT2D eigenvalue weighted by molar-refractivity contribution is 5.40. The number of rotatable bonds is 1. The largest absolute Gasteiger partial charge is 0.322 e. The molecule has 4 heteroatoms. The molecule has 0 aliphatic carbocycles. The predicted octanol–water partition coefficient (Wildman–Crippen LogP) is 1.06. The number of fused-ring (bicyclic) bond motifs is 1. The van der Waals surface area contributed by atoms with Gasteiger partial charge in [0, 0.05) is 6.20 Å². The monoisotopic (exact) mass is 176 g/mol. The van der Waals surface area contributed by atoms with Gasteiger partial charge in [-0.25, -0.2) is 0 Å². The van der Waals surface area contributed by atoms with Crippen molar-refractivity contribution >= 4 is 5.65 Å². The Morgan fingerprint density at radius 1 is 1.46 bits per heavy atom. The lowest BCUT2D eigenvalue weighted by Crippen LogP contribution is -2.09. The van der Waals surface area contributed by atoms with Crippen molar-refractivity contribution in [3.8, 4) is 0 Å². The summed E-state index contributed by atoms with van der Waals surface area (Å²) in [5.74, 6) is 0.801. The molecule has 0 amide bonds. The van der Waals surface area contributed by atoms with Crippen LogP contribution in [0.25, 0.3) is 5.65 Å². The van der Waals surface area contributed by atoms with Gasteiger partial charge in [-0.2, -0.15) is 0 Å². The van der Waals surface area contributed by atoms with Crippen molar-refractivity contribution < 1.29 is 0 Å². The Morgan fingerprint density at radius 3 is 2.92 bits per heavy atom. The highest BCUT2D eigenvalue weighted by atomic mass is 15.3. The van der Waals surface area contributed by atoms with E-state index in [2.05, 4.69) is 10.2 Å². The second-order valence-corrected chi connectivity index (χ2v) is 3.28. The van der Waals surface area contributed by atoms with Gasteiger partial charge < -0.3 is 5.73 Å². The van der Waals surface area contributed by atoms with Crippen molar-refractivity contribution in [2.24, 2.45) is 5.73 Å². The van der Waals surface area contributed by atoms with E-state index in [1.165, 1.54) is 5.56 Å². The molecule has 4 nitrogen and oxygen atoms in total. The van der Waals surface area contributed by atoms with Gasteiger partial charge in [0.25, 0.3) is 0 Å². The minimum Gasteiger partial charge on any atom is -0.322 e. The van der Waals surface area contributed by atoms with Gasteiger partial charge in [-0.05, 0) is 31.5 Å². The summed E-state index contributed by atoms with van der Waals surface area (Å²) in [4.78, 5) is 0. The standard InChI is InChI=1S/C9H12N4/c1-6-3-4-13-8(5-6)11-12-9(13)7(2)10/h3-5,7H,10H2,1-2H3. The van der Waals surface area contributed by atoms with Crippen LogP contribution in [0.15, 0.2) is 18.3 Å². The van der Waals surface area contributed by atoms with Gasteiger partial charge in [-0.3, -0.25) is 4.40 Å². The maximum Gasteiger partial charge on any atom is 0.161 e. The average molecular weight is 176 g/mol. The molecule has 0 saturated heterocycles. The lowest BCUT2D eigenvalue weighted by atomic mass is 10.3. The van der Waals surface area contributed by atoms with Crippen LogP contribution in [0.2, 0.25) is 0 Å². The molecular weight excluding hydrogens is 164 g/mol. The molecule has 0 aliphatic rings. The van der Waals surface area contributed by atoms with E-state index < -0.39 is 0 Å². The molecule has 2 aromatic rings. The smallest absolute Gasteiger partial charge is 0.161 e. The van der Waals surface area contributed by atoms with Crippen molar-refractivity contribution in [3.63, 3.8) is 0 Å². The van der Waals surface area contributed by atoms with Crippen LogP contribution in [0.3, 0.4) is 0 Å². The van der Waals surface area contributed by atoms with Crippen LogP contribution >= 0.6 is 0 Å². The topological polar surface area (TPSA) is 56.2 Å². The number of hydrogen-bond acceptors (Lipinski definition) is 3. The van der Waals surface area contributed by atoms with E-state index >= 15 is 0 Å². The van der Waals surface area contributed by atoms with Crippen molar-refractivity contribution in [1.82, 2.24) is 14.6 Å². The van der Waals surface area contributed by atoms with Crippen LogP contribution in [0.4, 0.5) is 0 Å². The zero-order chi connectivity index (χ0) is 9.42. The van der Waals surface area contributed by atoms with Crippen LogP contribution in [0.1, 0.15) is 24.4 Å². The van der Waals surface area contributed by atoms with Gasteiger partial charge in [0.1, 0.15) is 0 Å².